The van der Waals surface area contributed by atoms with Crippen molar-refractivity contribution in [2.24, 2.45) is 4.99 Å². The molecule has 1 atom stereocenters. The van der Waals surface area contributed by atoms with Crippen LogP contribution in [0.3, 0.4) is 0 Å². The van der Waals surface area contributed by atoms with Crippen LogP contribution in [0.2, 0.25) is 0 Å². The van der Waals surface area contributed by atoms with Crippen molar-refractivity contribution >= 4 is 45.4 Å². The zero-order valence-corrected chi connectivity index (χ0v) is 21.4. The van der Waals surface area contributed by atoms with Crippen molar-refractivity contribution in [3.8, 4) is 0 Å². The molecule has 11 heteroatoms. The number of alkyl halides is 3. The van der Waals surface area contributed by atoms with Crippen molar-refractivity contribution in [3.63, 3.8) is 0 Å². The first-order chi connectivity index (χ1) is 18.1. The van der Waals surface area contributed by atoms with Gasteiger partial charge in [0, 0.05) is 31.1 Å². The normalized spacial score (nSPS) is 19.4. The fourth-order valence-electron chi connectivity index (χ4n) is 4.53. The first kappa shape index (κ1) is 26.2. The minimum absolute atomic E-state index is 0.0100. The molecule has 0 saturated carbocycles. The second-order valence-electron chi connectivity index (χ2n) is 9.36. The predicted octanol–water partition coefficient (Wildman–Crippen LogP) is 4.37. The van der Waals surface area contributed by atoms with Gasteiger partial charge in [-0.15, -0.1) is 0 Å². The van der Waals surface area contributed by atoms with Gasteiger partial charge in [0.15, 0.2) is 5.17 Å². The quantitative estimate of drug-likeness (QED) is 0.467. The Morgan fingerprint density at radius 2 is 2.11 bits per heavy atom. The summed E-state index contributed by atoms with van der Waals surface area (Å²) in [5.74, 6) is -0.322. The summed E-state index contributed by atoms with van der Waals surface area (Å²) >= 11 is 1.30. The van der Waals surface area contributed by atoms with Crippen LogP contribution < -0.4 is 5.32 Å². The number of aromatic nitrogens is 2. The van der Waals surface area contributed by atoms with Crippen molar-refractivity contribution < 1.29 is 23.1 Å². The lowest BCUT2D eigenvalue weighted by atomic mass is 10.00. The molecular weight excluding hydrogens is 515 g/mol. The second-order valence-corrected chi connectivity index (χ2v) is 10.4. The average Bonchev–Trinajstić information content (AvgIpc) is 3.46. The summed E-state index contributed by atoms with van der Waals surface area (Å²) in [6.07, 6.45) is -1.14. The highest BCUT2D eigenvalue weighted by atomic mass is 32.2. The number of benzene rings is 2. The molecule has 38 heavy (non-hydrogen) atoms. The predicted molar refractivity (Wildman–Crippen MR) is 143 cm³/mol. The number of amidine groups is 1. The van der Waals surface area contributed by atoms with Crippen molar-refractivity contribution in [1.29, 1.82) is 0 Å². The van der Waals surface area contributed by atoms with E-state index in [1.165, 1.54) is 22.5 Å². The number of allylic oxidation sites excluding steroid dienone is 1. The first-order valence-electron chi connectivity index (χ1n) is 12.1. The van der Waals surface area contributed by atoms with Gasteiger partial charge >= 0.3 is 6.18 Å². The molecule has 3 heterocycles. The van der Waals surface area contributed by atoms with Crippen LogP contribution in [0.15, 0.2) is 59.1 Å². The summed E-state index contributed by atoms with van der Waals surface area (Å²) in [5, 5.41) is 18.3. The van der Waals surface area contributed by atoms with Gasteiger partial charge in [-0.2, -0.15) is 23.3 Å². The zero-order valence-electron chi connectivity index (χ0n) is 20.6. The standard InChI is InChI=1S/C27H26F3N5O2S/c1-16(2)18-4-5-19(22(11-18)27(28,29)30)13-35-23-6-3-17(9-20(23)12-32-35)10-24-25(37)33-26(38-24)34-8-7-31-21(14-34)15-36/h3-6,9-12,21,31,36H,1,7-8,13-15H2,2H3/t21-/m1/s1. The van der Waals surface area contributed by atoms with Crippen molar-refractivity contribution in [2.45, 2.75) is 25.7 Å². The van der Waals surface area contributed by atoms with E-state index >= 15 is 0 Å². The maximum Gasteiger partial charge on any atom is 0.416 e. The molecule has 198 valence electrons. The number of nitrogens with one attached hydrogen (secondary N) is 1. The van der Waals surface area contributed by atoms with E-state index < -0.39 is 11.7 Å². The van der Waals surface area contributed by atoms with Gasteiger partial charge < -0.3 is 15.3 Å². The molecule has 0 spiro atoms. The number of halogens is 3. The Balaban J connectivity index is 1.36. The van der Waals surface area contributed by atoms with Gasteiger partial charge in [-0.05, 0) is 59.7 Å². The van der Waals surface area contributed by atoms with E-state index in [-0.39, 0.29) is 30.7 Å². The third-order valence-electron chi connectivity index (χ3n) is 6.55. The van der Waals surface area contributed by atoms with E-state index in [4.69, 9.17) is 0 Å². The Hall–Kier alpha value is -3.41. The number of piperazine rings is 1. The molecule has 7 nitrogen and oxygen atoms in total. The number of aliphatic hydroxyl groups excluding tert-OH is 1. The Bertz CT molecular complexity index is 1480. The van der Waals surface area contributed by atoms with E-state index in [1.54, 1.807) is 37.4 Å². The molecule has 1 aromatic heterocycles. The number of amides is 1. The Labute approximate surface area is 221 Å². The fourth-order valence-corrected chi connectivity index (χ4v) is 5.48. The number of carbonyl (C=O) groups is 1. The van der Waals surface area contributed by atoms with Crippen LogP contribution in [-0.4, -0.2) is 63.1 Å². The van der Waals surface area contributed by atoms with Crippen molar-refractivity contribution in [3.05, 3.63) is 76.3 Å². The highest BCUT2D eigenvalue weighted by molar-refractivity contribution is 8.18. The number of nitrogens with zero attached hydrogens (tertiary/aromatic N) is 4. The number of aliphatic hydroxyl groups is 1. The topological polar surface area (TPSA) is 82.8 Å². The van der Waals surface area contributed by atoms with Gasteiger partial charge in [0.05, 0.1) is 35.3 Å². The molecule has 0 unspecified atom stereocenters. The molecule has 1 saturated heterocycles. The second kappa shape index (κ2) is 10.4. The minimum atomic E-state index is -4.50. The lowest BCUT2D eigenvalue weighted by Gasteiger charge is -2.33. The maximum absolute atomic E-state index is 13.8. The molecule has 2 aliphatic rings. The molecular formula is C27H26F3N5O2S. The third-order valence-corrected chi connectivity index (χ3v) is 7.59. The molecule has 5 rings (SSSR count). The van der Waals surface area contributed by atoms with Crippen molar-refractivity contribution in [2.75, 3.05) is 26.2 Å². The molecule has 0 radical (unpaired) electrons. The lowest BCUT2D eigenvalue weighted by molar-refractivity contribution is -0.138. The van der Waals surface area contributed by atoms with Crippen LogP contribution in [0.4, 0.5) is 13.2 Å². The summed E-state index contributed by atoms with van der Waals surface area (Å²) in [7, 11) is 0. The summed E-state index contributed by atoms with van der Waals surface area (Å²) in [5.41, 5.74) is 1.87. The van der Waals surface area contributed by atoms with Gasteiger partial charge in [-0.25, -0.2) is 0 Å². The Morgan fingerprint density at radius 3 is 2.84 bits per heavy atom. The molecule has 2 aliphatic heterocycles. The Kier molecular flexibility index (Phi) is 7.17. The number of thioether (sulfide) groups is 1. The molecule has 2 aromatic carbocycles. The molecule has 0 bridgehead atoms. The van der Waals surface area contributed by atoms with Crippen LogP contribution in [-0.2, 0) is 17.5 Å². The highest BCUT2D eigenvalue weighted by Gasteiger charge is 2.34. The van der Waals surface area contributed by atoms with E-state index in [2.05, 4.69) is 22.0 Å². The van der Waals surface area contributed by atoms with Gasteiger partial charge in [-0.1, -0.05) is 30.4 Å². The zero-order chi connectivity index (χ0) is 27.0. The monoisotopic (exact) mass is 541 g/mol. The Morgan fingerprint density at radius 1 is 1.29 bits per heavy atom. The fraction of sp³-hybridized carbons (Fsp3) is 0.296. The smallest absolute Gasteiger partial charge is 0.395 e. The number of hydrogen-bond acceptors (Lipinski definition) is 6. The van der Waals surface area contributed by atoms with Gasteiger partial charge in [0.1, 0.15) is 0 Å². The molecule has 1 amide bonds. The van der Waals surface area contributed by atoms with Crippen LogP contribution in [0.5, 0.6) is 0 Å². The summed E-state index contributed by atoms with van der Waals surface area (Å²) < 4.78 is 42.9. The largest absolute Gasteiger partial charge is 0.416 e. The molecule has 0 aliphatic carbocycles. The summed E-state index contributed by atoms with van der Waals surface area (Å²) in [4.78, 5) is 19.2. The van der Waals surface area contributed by atoms with Crippen LogP contribution in [0.1, 0.15) is 29.2 Å². The third kappa shape index (κ3) is 5.40. The minimum Gasteiger partial charge on any atom is -0.395 e. The number of rotatable bonds is 5. The first-order valence-corrected chi connectivity index (χ1v) is 12.9. The van der Waals surface area contributed by atoms with E-state index in [0.717, 1.165) is 17.0 Å². The van der Waals surface area contributed by atoms with E-state index in [9.17, 15) is 23.1 Å². The maximum atomic E-state index is 13.8. The SMILES string of the molecule is C=C(C)c1ccc(Cn2ncc3cc(C=C4SC(N5CCN[C@@H](CO)C5)=NC4=O)ccc32)c(C(F)(F)F)c1. The summed E-state index contributed by atoms with van der Waals surface area (Å²) in [6.45, 7) is 7.35. The summed E-state index contributed by atoms with van der Waals surface area (Å²) in [6, 6.07) is 9.62. The lowest BCUT2D eigenvalue weighted by Crippen LogP contribution is -2.53. The number of aliphatic imine (C=N–C) groups is 1. The average molecular weight is 542 g/mol. The van der Waals surface area contributed by atoms with Crippen LogP contribution in [0.25, 0.3) is 22.6 Å². The van der Waals surface area contributed by atoms with Gasteiger partial charge in [0.25, 0.3) is 5.91 Å². The van der Waals surface area contributed by atoms with Gasteiger partial charge in [0.2, 0.25) is 0 Å². The number of hydrogen-bond donors (Lipinski definition) is 2. The molecule has 3 aromatic rings. The molecule has 2 N–H and O–H groups in total. The number of carbonyl (C=O) groups excluding carboxylic acids is 1. The number of fused-ring (bicyclic) bond motifs is 1. The molecule has 1 fully saturated rings. The van der Waals surface area contributed by atoms with Crippen molar-refractivity contribution in [1.82, 2.24) is 20.0 Å². The van der Waals surface area contributed by atoms with E-state index in [1.807, 2.05) is 11.0 Å². The highest BCUT2D eigenvalue weighted by Crippen LogP contribution is 2.35. The van der Waals surface area contributed by atoms with Crippen LogP contribution in [0, 0.1) is 0 Å². The van der Waals surface area contributed by atoms with Crippen LogP contribution >= 0.6 is 11.8 Å². The van der Waals surface area contributed by atoms with E-state index in [0.29, 0.717) is 46.4 Å². The van der Waals surface area contributed by atoms with Gasteiger partial charge in [-0.3, -0.25) is 9.48 Å².